The summed E-state index contributed by atoms with van der Waals surface area (Å²) in [5.41, 5.74) is 2.01. The number of carbonyl (C=O) groups excluding carboxylic acids is 1. The van der Waals surface area contributed by atoms with Crippen molar-refractivity contribution in [2.45, 2.75) is 69.3 Å². The molecule has 0 aromatic heterocycles. The second-order valence-corrected chi connectivity index (χ2v) is 16.7. The standard InChI is InChI=1S/C37H46ClN3O5S/c1-24-8-6-17-37(43,18-7-19-40(3)4)32-15-11-28(32)22-41-23-29-10-5-9-26-20-30(38)13-14-31(26)35(29)46-34-16-12-27(21-33(34)41)36(42)39-47(44,45)25(24)2/h6,12-14,16-17,20-21,24-25,28-29,32,35,43H,5,8-11,15,19,22-23H2,1-4H3,(H,39,42)/b17-6+/t24-,25+,28-,29+,32+,35?,37-/m0/s1. The lowest BCUT2D eigenvalue weighted by Gasteiger charge is -2.46. The van der Waals surface area contributed by atoms with E-state index in [1.807, 2.05) is 44.1 Å². The van der Waals surface area contributed by atoms with Gasteiger partial charge in [0.15, 0.2) is 0 Å². The van der Waals surface area contributed by atoms with E-state index in [-0.39, 0.29) is 35.3 Å². The molecule has 2 aliphatic heterocycles. The van der Waals surface area contributed by atoms with Crippen LogP contribution in [0.1, 0.15) is 73.5 Å². The molecule has 1 fully saturated rings. The molecule has 252 valence electrons. The van der Waals surface area contributed by atoms with Gasteiger partial charge in [-0.25, -0.2) is 13.1 Å². The fraction of sp³-hybridized carbons (Fsp3) is 0.541. The van der Waals surface area contributed by atoms with Crippen molar-refractivity contribution in [3.8, 4) is 17.6 Å². The number of anilines is 1. The Bertz CT molecular complexity index is 1720. The van der Waals surface area contributed by atoms with Gasteiger partial charge < -0.3 is 14.7 Å². The molecule has 1 saturated carbocycles. The van der Waals surface area contributed by atoms with Crippen LogP contribution in [0.4, 0.5) is 5.69 Å². The fourth-order valence-electron chi connectivity index (χ4n) is 7.56. The lowest BCUT2D eigenvalue weighted by Crippen LogP contribution is -2.50. The first-order valence-corrected chi connectivity index (χ1v) is 18.7. The first-order valence-electron chi connectivity index (χ1n) is 16.8. The van der Waals surface area contributed by atoms with Gasteiger partial charge in [-0.1, -0.05) is 42.5 Å². The van der Waals surface area contributed by atoms with Crippen molar-refractivity contribution < 1.29 is 23.1 Å². The molecule has 1 unspecified atom stereocenters. The molecule has 10 heteroatoms. The number of aliphatic hydroxyl groups is 1. The summed E-state index contributed by atoms with van der Waals surface area (Å²) in [5.74, 6) is 6.31. The van der Waals surface area contributed by atoms with E-state index < -0.39 is 26.8 Å². The van der Waals surface area contributed by atoms with Crippen LogP contribution >= 0.6 is 11.6 Å². The van der Waals surface area contributed by atoms with Crippen LogP contribution in [0.2, 0.25) is 5.02 Å². The minimum Gasteiger partial charge on any atom is -0.483 e. The van der Waals surface area contributed by atoms with E-state index >= 15 is 0 Å². The van der Waals surface area contributed by atoms with Gasteiger partial charge in [0.25, 0.3) is 5.91 Å². The van der Waals surface area contributed by atoms with Crippen LogP contribution in [0.25, 0.3) is 0 Å². The van der Waals surface area contributed by atoms with Crippen LogP contribution in [0, 0.1) is 35.5 Å². The summed E-state index contributed by atoms with van der Waals surface area (Å²) < 4.78 is 35.9. The average molecular weight is 680 g/mol. The number of ether oxygens (including phenoxy) is 1. The number of fused-ring (bicyclic) bond motifs is 5. The van der Waals surface area contributed by atoms with Crippen LogP contribution in [0.3, 0.4) is 0 Å². The minimum atomic E-state index is -3.98. The summed E-state index contributed by atoms with van der Waals surface area (Å²) in [5, 5.41) is 12.0. The number of allylic oxidation sites excluding steroid dienone is 1. The number of nitrogens with zero attached hydrogens (tertiary/aromatic N) is 2. The van der Waals surface area contributed by atoms with Crippen molar-refractivity contribution in [1.29, 1.82) is 0 Å². The zero-order valence-corrected chi connectivity index (χ0v) is 29.3. The molecule has 7 atom stereocenters. The Morgan fingerprint density at radius 2 is 1.89 bits per heavy atom. The summed E-state index contributed by atoms with van der Waals surface area (Å²) in [7, 11) is -0.0871. The molecule has 1 amide bonds. The second kappa shape index (κ2) is 13.5. The third-order valence-corrected chi connectivity index (χ3v) is 12.8. The highest BCUT2D eigenvalue weighted by molar-refractivity contribution is 7.90. The van der Waals surface area contributed by atoms with E-state index in [1.54, 1.807) is 31.2 Å². The largest absolute Gasteiger partial charge is 0.483 e. The molecule has 0 saturated heterocycles. The molecular formula is C37H46ClN3O5S. The molecule has 2 N–H and O–H groups in total. The van der Waals surface area contributed by atoms with E-state index in [4.69, 9.17) is 16.3 Å². The van der Waals surface area contributed by atoms with Gasteiger partial charge in [-0.15, -0.1) is 0 Å². The number of hydrogen-bond acceptors (Lipinski definition) is 7. The zero-order valence-electron chi connectivity index (χ0n) is 27.7. The van der Waals surface area contributed by atoms with Crippen molar-refractivity contribution in [2.24, 2.45) is 23.7 Å². The molecule has 2 heterocycles. The maximum atomic E-state index is 13.5. The van der Waals surface area contributed by atoms with E-state index in [9.17, 15) is 18.3 Å². The van der Waals surface area contributed by atoms with E-state index in [0.29, 0.717) is 36.8 Å². The number of rotatable bonds is 1. The van der Waals surface area contributed by atoms with Gasteiger partial charge in [0.1, 0.15) is 17.5 Å². The van der Waals surface area contributed by atoms with Crippen LogP contribution in [-0.2, 0) is 16.4 Å². The summed E-state index contributed by atoms with van der Waals surface area (Å²) >= 11 is 6.40. The zero-order chi connectivity index (χ0) is 33.5. The SMILES string of the molecule is C[C@@H]1[C@@H](C)C/C=C/[C@](O)(C#CCN(C)C)[C@@H]2CC[C@H]2CN2C[C@H]3CCCc4cc(Cl)ccc4C3Oc3ccc(cc32)C(=O)NS1(=O)=O. The molecule has 0 spiro atoms. The summed E-state index contributed by atoms with van der Waals surface area (Å²) in [6.45, 7) is 5.33. The molecule has 2 aliphatic carbocycles. The van der Waals surface area contributed by atoms with E-state index in [0.717, 1.165) is 43.4 Å². The summed E-state index contributed by atoms with van der Waals surface area (Å²) in [4.78, 5) is 17.7. The second-order valence-electron chi connectivity index (χ2n) is 14.2. The normalized spacial score (nSPS) is 32.4. The number of amides is 1. The van der Waals surface area contributed by atoms with Crippen LogP contribution < -0.4 is 14.4 Å². The Hall–Kier alpha value is -3.03. The summed E-state index contributed by atoms with van der Waals surface area (Å²) in [6, 6.07) is 11.2. The van der Waals surface area contributed by atoms with Crippen molar-refractivity contribution in [2.75, 3.05) is 38.6 Å². The van der Waals surface area contributed by atoms with Crippen molar-refractivity contribution in [3.05, 3.63) is 70.3 Å². The summed E-state index contributed by atoms with van der Waals surface area (Å²) in [6.07, 6.45) is 8.55. The Morgan fingerprint density at radius 3 is 2.64 bits per heavy atom. The topological polar surface area (TPSA) is 99.2 Å². The van der Waals surface area contributed by atoms with Crippen LogP contribution in [-0.4, -0.2) is 68.9 Å². The molecular weight excluding hydrogens is 634 g/mol. The monoisotopic (exact) mass is 679 g/mol. The average Bonchev–Trinajstić information content (AvgIpc) is 3.25. The van der Waals surface area contributed by atoms with Crippen molar-refractivity contribution >= 4 is 33.2 Å². The lowest BCUT2D eigenvalue weighted by atomic mass is 9.64. The Morgan fingerprint density at radius 1 is 1.11 bits per heavy atom. The van der Waals surface area contributed by atoms with Crippen LogP contribution in [0.15, 0.2) is 48.6 Å². The smallest absolute Gasteiger partial charge is 0.264 e. The van der Waals surface area contributed by atoms with Gasteiger partial charge in [-0.05, 0) is 119 Å². The molecule has 47 heavy (non-hydrogen) atoms. The van der Waals surface area contributed by atoms with Crippen molar-refractivity contribution in [3.63, 3.8) is 0 Å². The Balaban J connectivity index is 1.44. The highest BCUT2D eigenvalue weighted by Crippen LogP contribution is 2.48. The lowest BCUT2D eigenvalue weighted by molar-refractivity contribution is -0.00325. The molecule has 6 rings (SSSR count). The predicted molar refractivity (Wildman–Crippen MR) is 186 cm³/mol. The Labute approximate surface area is 284 Å². The van der Waals surface area contributed by atoms with Gasteiger partial charge in [-0.2, -0.15) is 0 Å². The molecule has 2 aromatic carbocycles. The highest BCUT2D eigenvalue weighted by Gasteiger charge is 2.46. The van der Waals surface area contributed by atoms with Gasteiger partial charge in [0.2, 0.25) is 10.0 Å². The van der Waals surface area contributed by atoms with E-state index in [2.05, 4.69) is 27.5 Å². The fourth-order valence-corrected chi connectivity index (χ4v) is 9.04. The number of carbonyl (C=O) groups is 1. The molecule has 4 aliphatic rings. The van der Waals surface area contributed by atoms with Gasteiger partial charge >= 0.3 is 0 Å². The molecule has 0 radical (unpaired) electrons. The number of sulfonamides is 1. The van der Waals surface area contributed by atoms with Crippen LogP contribution in [0.5, 0.6) is 5.75 Å². The third kappa shape index (κ3) is 7.07. The van der Waals surface area contributed by atoms with E-state index in [1.165, 1.54) is 5.56 Å². The van der Waals surface area contributed by atoms with Gasteiger partial charge in [0.05, 0.1) is 17.5 Å². The first kappa shape index (κ1) is 33.9. The van der Waals surface area contributed by atoms with Gasteiger partial charge in [-0.3, -0.25) is 9.69 Å². The minimum absolute atomic E-state index is 0.0929. The number of halogens is 1. The quantitative estimate of drug-likeness (QED) is 0.299. The molecule has 8 nitrogen and oxygen atoms in total. The van der Waals surface area contributed by atoms with Crippen molar-refractivity contribution in [1.82, 2.24) is 9.62 Å². The maximum Gasteiger partial charge on any atom is 0.264 e. The molecule has 2 aromatic rings. The van der Waals surface area contributed by atoms with Gasteiger partial charge in [0, 0.05) is 35.5 Å². The third-order valence-electron chi connectivity index (χ3n) is 10.7. The number of nitrogens with one attached hydrogen (secondary N) is 1. The number of aryl methyl sites for hydroxylation is 1. The first-order chi connectivity index (χ1) is 22.3. The maximum absolute atomic E-state index is 13.5. The predicted octanol–water partition coefficient (Wildman–Crippen LogP) is 5.60. The number of benzene rings is 2. The molecule has 2 bridgehead atoms. The highest BCUT2D eigenvalue weighted by atomic mass is 35.5. The Kier molecular flexibility index (Phi) is 9.70. The number of hydrogen-bond donors (Lipinski definition) is 2.